The van der Waals surface area contributed by atoms with E-state index in [2.05, 4.69) is 0 Å². The first-order chi connectivity index (χ1) is 20.8. The number of hydrogen-bond acceptors (Lipinski definition) is 12. The second-order valence-corrected chi connectivity index (χ2v) is 10.4. The molecular weight excluding hydrogens is 576 g/mol. The molecule has 0 heterocycles. The zero-order chi connectivity index (χ0) is 32.1. The van der Waals surface area contributed by atoms with E-state index in [1.807, 2.05) is 0 Å². The van der Waals surface area contributed by atoms with Gasteiger partial charge in [0.25, 0.3) is 0 Å². The van der Waals surface area contributed by atoms with Gasteiger partial charge in [0.05, 0.1) is 47.6 Å². The molecule has 0 aromatic heterocycles. The van der Waals surface area contributed by atoms with E-state index in [0.717, 1.165) is 38.5 Å². The molecule has 0 radical (unpaired) electrons. The number of phenols is 6. The van der Waals surface area contributed by atoms with Crippen LogP contribution in [0.1, 0.15) is 74.8 Å². The van der Waals surface area contributed by atoms with Crippen LogP contribution in [0.4, 0.5) is 0 Å². The van der Waals surface area contributed by atoms with Crippen LogP contribution in [0.15, 0.2) is 24.3 Å². The highest BCUT2D eigenvalue weighted by molar-refractivity contribution is 6.36. The Hall–Kier alpha value is -6.04. The molecule has 0 aliphatic heterocycles. The number of fused-ring (bicyclic) bond motifs is 4. The lowest BCUT2D eigenvalue weighted by Crippen LogP contribution is -2.25. The maximum absolute atomic E-state index is 14.2. The van der Waals surface area contributed by atoms with Crippen LogP contribution < -0.4 is 9.47 Å². The molecule has 0 saturated carbocycles. The SMILES string of the molecule is COc1cc(O)c2c(c1-c1c(OC)cc(O)c3c1C(=O)c1c(O)c(C)cc(O)c1C3=O)C(=O)c1c(O)c(C)cc(O)c1C2=O. The minimum Gasteiger partial charge on any atom is -0.507 e. The molecule has 2 aliphatic carbocycles. The molecule has 0 saturated heterocycles. The van der Waals surface area contributed by atoms with Gasteiger partial charge in [0.2, 0.25) is 11.6 Å². The lowest BCUT2D eigenvalue weighted by atomic mass is 9.74. The van der Waals surface area contributed by atoms with E-state index < -0.39 is 102 Å². The van der Waals surface area contributed by atoms with Gasteiger partial charge in [-0.15, -0.1) is 0 Å². The van der Waals surface area contributed by atoms with Crippen LogP contribution in [0.2, 0.25) is 0 Å². The summed E-state index contributed by atoms with van der Waals surface area (Å²) in [6, 6.07) is 4.11. The van der Waals surface area contributed by atoms with Gasteiger partial charge < -0.3 is 40.1 Å². The van der Waals surface area contributed by atoms with Crippen molar-refractivity contribution in [3.8, 4) is 57.1 Å². The summed E-state index contributed by atoms with van der Waals surface area (Å²) in [6.45, 7) is 2.77. The molecule has 6 N–H and O–H groups in total. The monoisotopic (exact) mass is 598 g/mol. The summed E-state index contributed by atoms with van der Waals surface area (Å²) in [5.41, 5.74) is -5.17. The predicted octanol–water partition coefficient (Wildman–Crippen LogP) is 3.77. The van der Waals surface area contributed by atoms with E-state index in [9.17, 15) is 49.8 Å². The first-order valence-electron chi connectivity index (χ1n) is 12.9. The fourth-order valence-corrected chi connectivity index (χ4v) is 6.00. The Bertz CT molecular complexity index is 1940. The third-order valence-electron chi connectivity index (χ3n) is 7.99. The summed E-state index contributed by atoms with van der Waals surface area (Å²) in [7, 11) is 2.33. The average Bonchev–Trinajstić information content (AvgIpc) is 2.97. The van der Waals surface area contributed by atoms with Crippen molar-refractivity contribution in [1.29, 1.82) is 0 Å². The van der Waals surface area contributed by atoms with Gasteiger partial charge in [0, 0.05) is 34.4 Å². The quantitative estimate of drug-likeness (QED) is 0.161. The minimum atomic E-state index is -1.05. The molecule has 222 valence electrons. The number of rotatable bonds is 3. The van der Waals surface area contributed by atoms with Crippen molar-refractivity contribution in [1.82, 2.24) is 0 Å². The van der Waals surface area contributed by atoms with Crippen molar-refractivity contribution in [2.24, 2.45) is 0 Å². The van der Waals surface area contributed by atoms with Gasteiger partial charge in [0.15, 0.2) is 11.6 Å². The summed E-state index contributed by atoms with van der Waals surface area (Å²) in [5.74, 6) is -8.71. The number of aromatic hydroxyl groups is 6. The molecule has 0 amide bonds. The van der Waals surface area contributed by atoms with Gasteiger partial charge in [-0.3, -0.25) is 19.2 Å². The summed E-state index contributed by atoms with van der Waals surface area (Å²) < 4.78 is 10.9. The van der Waals surface area contributed by atoms with E-state index in [-0.39, 0.29) is 33.8 Å². The standard InChI is InChI=1S/C32H22O12/c1-9-5-11(33)19-25(27(9)37)31(41)23-17(29(19)39)13(35)7-15(43-3)21(23)22-16(44-4)8-14(36)18-24(22)32(42)26-20(30(18)40)12(34)6-10(2)28(26)38/h5-8,33-38H,1-4H3. The summed E-state index contributed by atoms with van der Waals surface area (Å²) in [6.07, 6.45) is 0. The smallest absolute Gasteiger partial charge is 0.202 e. The van der Waals surface area contributed by atoms with E-state index in [0.29, 0.717) is 0 Å². The second kappa shape index (κ2) is 9.23. The van der Waals surface area contributed by atoms with Crippen LogP contribution in [-0.4, -0.2) is 68.0 Å². The van der Waals surface area contributed by atoms with Gasteiger partial charge in [-0.1, -0.05) is 0 Å². The van der Waals surface area contributed by atoms with Crippen LogP contribution in [0, 0.1) is 13.8 Å². The van der Waals surface area contributed by atoms with Gasteiger partial charge in [-0.05, 0) is 37.1 Å². The Morgan fingerprint density at radius 3 is 1.00 bits per heavy atom. The number of carbonyl (C=O) groups excluding carboxylic acids is 4. The van der Waals surface area contributed by atoms with Crippen LogP contribution >= 0.6 is 0 Å². The number of benzene rings is 4. The van der Waals surface area contributed by atoms with E-state index in [1.165, 1.54) is 13.8 Å². The molecule has 4 aromatic carbocycles. The van der Waals surface area contributed by atoms with E-state index in [1.54, 1.807) is 0 Å². The van der Waals surface area contributed by atoms with Crippen molar-refractivity contribution < 1.29 is 59.3 Å². The normalized spacial score (nSPS) is 13.3. The zero-order valence-electron chi connectivity index (χ0n) is 23.4. The number of phenolic OH excluding ortho intramolecular Hbond substituents is 6. The summed E-state index contributed by atoms with van der Waals surface area (Å²) >= 11 is 0. The highest BCUT2D eigenvalue weighted by atomic mass is 16.5. The van der Waals surface area contributed by atoms with Gasteiger partial charge in [-0.25, -0.2) is 0 Å². The fourth-order valence-electron chi connectivity index (χ4n) is 6.00. The molecule has 0 spiro atoms. The predicted molar refractivity (Wildman–Crippen MR) is 151 cm³/mol. The molecule has 0 bridgehead atoms. The Balaban J connectivity index is 1.81. The van der Waals surface area contributed by atoms with Crippen molar-refractivity contribution >= 4 is 23.1 Å². The maximum Gasteiger partial charge on any atom is 0.202 e. The Labute approximate surface area is 247 Å². The molecule has 12 heteroatoms. The summed E-state index contributed by atoms with van der Waals surface area (Å²) in [5, 5.41) is 64.8. The highest BCUT2D eigenvalue weighted by Gasteiger charge is 2.45. The van der Waals surface area contributed by atoms with Crippen LogP contribution in [0.3, 0.4) is 0 Å². The van der Waals surface area contributed by atoms with E-state index in [4.69, 9.17) is 9.47 Å². The highest BCUT2D eigenvalue weighted by Crippen LogP contribution is 2.54. The van der Waals surface area contributed by atoms with Crippen molar-refractivity contribution in [3.63, 3.8) is 0 Å². The van der Waals surface area contributed by atoms with Crippen molar-refractivity contribution in [3.05, 3.63) is 79.9 Å². The third-order valence-corrected chi connectivity index (χ3v) is 7.99. The number of aryl methyl sites for hydroxylation is 2. The molecule has 0 atom stereocenters. The Morgan fingerprint density at radius 1 is 0.409 bits per heavy atom. The van der Waals surface area contributed by atoms with Gasteiger partial charge >= 0.3 is 0 Å². The van der Waals surface area contributed by atoms with Crippen molar-refractivity contribution in [2.45, 2.75) is 13.8 Å². The number of carbonyl (C=O) groups is 4. The lowest BCUT2D eigenvalue weighted by Gasteiger charge is -2.28. The Morgan fingerprint density at radius 2 is 0.682 bits per heavy atom. The third kappa shape index (κ3) is 3.38. The number of ether oxygens (including phenoxy) is 2. The van der Waals surface area contributed by atoms with Crippen LogP contribution in [-0.2, 0) is 0 Å². The van der Waals surface area contributed by atoms with Gasteiger partial charge in [-0.2, -0.15) is 0 Å². The lowest BCUT2D eigenvalue weighted by molar-refractivity contribution is 0.0970. The van der Waals surface area contributed by atoms with Crippen molar-refractivity contribution in [2.75, 3.05) is 14.2 Å². The molecule has 12 nitrogen and oxygen atoms in total. The number of ketones is 4. The molecule has 4 aromatic rings. The topological polar surface area (TPSA) is 208 Å². The van der Waals surface area contributed by atoms with E-state index >= 15 is 0 Å². The average molecular weight is 599 g/mol. The molecule has 2 aliphatic rings. The summed E-state index contributed by atoms with van der Waals surface area (Å²) in [4.78, 5) is 55.9. The van der Waals surface area contributed by atoms with Crippen LogP contribution in [0.5, 0.6) is 46.0 Å². The Kier molecular flexibility index (Phi) is 5.89. The molecular formula is C32H22O12. The molecule has 0 unspecified atom stereocenters. The zero-order valence-corrected chi connectivity index (χ0v) is 23.4. The largest absolute Gasteiger partial charge is 0.507 e. The first kappa shape index (κ1) is 28.1. The first-order valence-corrected chi connectivity index (χ1v) is 12.9. The fraction of sp³-hybridized carbons (Fsp3) is 0.125. The molecule has 0 fully saturated rings. The van der Waals surface area contributed by atoms with Gasteiger partial charge in [0.1, 0.15) is 46.0 Å². The second-order valence-electron chi connectivity index (χ2n) is 10.4. The maximum atomic E-state index is 14.2. The number of hydrogen-bond donors (Lipinski definition) is 6. The minimum absolute atomic E-state index is 0.0575. The van der Waals surface area contributed by atoms with Crippen LogP contribution in [0.25, 0.3) is 11.1 Å². The molecule has 44 heavy (non-hydrogen) atoms. The number of methoxy groups -OCH3 is 2. The molecule has 6 rings (SSSR count).